The summed E-state index contributed by atoms with van der Waals surface area (Å²) in [7, 11) is 0. The molecule has 1 aromatic carbocycles. The molecular formula is C17H20N2O3. The normalized spacial score (nSPS) is 19.3. The zero-order chi connectivity index (χ0) is 15.7. The average molecular weight is 300 g/mol. The third-order valence-electron chi connectivity index (χ3n) is 4.21. The van der Waals surface area contributed by atoms with E-state index < -0.39 is 11.7 Å². The number of carbonyl (C=O) groups excluding carboxylic acids is 2. The Balaban J connectivity index is 1.80. The standard InChI is InChI=1S/C17H20N2O3/c1-10(14-8-5-9-22-14)19-17(21)16(20)15-11(2)18-13-7-4-3-6-12(13)15/h3-4,6-7,10,14,18H,5,8-9H2,1-2H3,(H,19,21)/t10-,14+/m0/s1. The molecule has 0 unspecified atom stereocenters. The molecule has 1 aliphatic rings. The van der Waals surface area contributed by atoms with Crippen molar-refractivity contribution in [2.45, 2.75) is 38.8 Å². The molecule has 22 heavy (non-hydrogen) atoms. The number of benzene rings is 1. The minimum absolute atomic E-state index is 0.000755. The van der Waals surface area contributed by atoms with Crippen LogP contribution in [0.3, 0.4) is 0 Å². The van der Waals surface area contributed by atoms with Crippen molar-refractivity contribution in [1.29, 1.82) is 0 Å². The van der Waals surface area contributed by atoms with Gasteiger partial charge in [-0.2, -0.15) is 0 Å². The molecule has 0 radical (unpaired) electrons. The highest BCUT2D eigenvalue weighted by Gasteiger charge is 2.28. The maximum Gasteiger partial charge on any atom is 0.292 e. The number of ether oxygens (including phenoxy) is 1. The average Bonchev–Trinajstić information content (AvgIpc) is 3.13. The van der Waals surface area contributed by atoms with Crippen LogP contribution in [0.4, 0.5) is 0 Å². The van der Waals surface area contributed by atoms with Gasteiger partial charge in [0.1, 0.15) is 0 Å². The lowest BCUT2D eigenvalue weighted by molar-refractivity contribution is -0.118. The summed E-state index contributed by atoms with van der Waals surface area (Å²) in [5.41, 5.74) is 2.03. The van der Waals surface area contributed by atoms with Gasteiger partial charge in [0, 0.05) is 23.2 Å². The SMILES string of the molecule is Cc1[nH]c2ccccc2c1C(=O)C(=O)N[C@@H](C)[C@H]1CCCO1. The lowest BCUT2D eigenvalue weighted by Gasteiger charge is -2.19. The van der Waals surface area contributed by atoms with E-state index in [2.05, 4.69) is 10.3 Å². The van der Waals surface area contributed by atoms with Crippen LogP contribution in [-0.2, 0) is 9.53 Å². The predicted molar refractivity (Wildman–Crippen MR) is 83.9 cm³/mol. The Morgan fingerprint density at radius 3 is 2.86 bits per heavy atom. The summed E-state index contributed by atoms with van der Waals surface area (Å²) in [4.78, 5) is 27.9. The van der Waals surface area contributed by atoms with Gasteiger partial charge in [-0.15, -0.1) is 0 Å². The smallest absolute Gasteiger partial charge is 0.292 e. The second-order valence-electron chi connectivity index (χ2n) is 5.81. The van der Waals surface area contributed by atoms with Crippen LogP contribution in [0.25, 0.3) is 10.9 Å². The zero-order valence-corrected chi connectivity index (χ0v) is 12.8. The van der Waals surface area contributed by atoms with Crippen molar-refractivity contribution < 1.29 is 14.3 Å². The van der Waals surface area contributed by atoms with Crippen molar-refractivity contribution in [3.8, 4) is 0 Å². The van der Waals surface area contributed by atoms with Gasteiger partial charge in [-0.25, -0.2) is 0 Å². The van der Waals surface area contributed by atoms with E-state index in [4.69, 9.17) is 4.74 Å². The summed E-state index contributed by atoms with van der Waals surface area (Å²) in [6.45, 7) is 4.41. The predicted octanol–water partition coefficient (Wildman–Crippen LogP) is 2.34. The highest BCUT2D eigenvalue weighted by atomic mass is 16.5. The van der Waals surface area contributed by atoms with Gasteiger partial charge in [-0.1, -0.05) is 18.2 Å². The van der Waals surface area contributed by atoms with Crippen LogP contribution in [0.2, 0.25) is 0 Å². The Hall–Kier alpha value is -2.14. The van der Waals surface area contributed by atoms with E-state index in [1.165, 1.54) is 0 Å². The molecule has 5 nitrogen and oxygen atoms in total. The minimum atomic E-state index is -0.573. The van der Waals surface area contributed by atoms with Gasteiger partial charge in [-0.05, 0) is 32.8 Å². The Bertz CT molecular complexity index is 714. The van der Waals surface area contributed by atoms with Gasteiger partial charge >= 0.3 is 0 Å². The summed E-state index contributed by atoms with van der Waals surface area (Å²) < 4.78 is 5.55. The molecular weight excluding hydrogens is 280 g/mol. The van der Waals surface area contributed by atoms with E-state index in [0.717, 1.165) is 30.4 Å². The summed E-state index contributed by atoms with van der Waals surface area (Å²) >= 11 is 0. The van der Waals surface area contributed by atoms with Gasteiger partial charge in [0.2, 0.25) is 0 Å². The molecule has 0 saturated carbocycles. The number of aromatic nitrogens is 1. The summed E-state index contributed by atoms with van der Waals surface area (Å²) in [5, 5.41) is 3.56. The van der Waals surface area contributed by atoms with E-state index in [1.54, 1.807) is 0 Å². The Labute approximate surface area is 129 Å². The van der Waals surface area contributed by atoms with E-state index in [9.17, 15) is 9.59 Å². The number of nitrogens with one attached hydrogen (secondary N) is 2. The molecule has 2 aromatic rings. The van der Waals surface area contributed by atoms with Gasteiger partial charge in [0.25, 0.3) is 11.7 Å². The number of fused-ring (bicyclic) bond motifs is 1. The van der Waals surface area contributed by atoms with Gasteiger partial charge in [0.05, 0.1) is 17.7 Å². The molecule has 1 saturated heterocycles. The second-order valence-corrected chi connectivity index (χ2v) is 5.81. The highest BCUT2D eigenvalue weighted by molar-refractivity contribution is 6.45. The Morgan fingerprint density at radius 1 is 1.36 bits per heavy atom. The number of rotatable bonds is 4. The van der Waals surface area contributed by atoms with Crippen molar-refractivity contribution in [1.82, 2.24) is 10.3 Å². The summed E-state index contributed by atoms with van der Waals surface area (Å²) in [6, 6.07) is 7.34. The number of carbonyl (C=O) groups is 2. The van der Waals surface area contributed by atoms with Crippen LogP contribution in [-0.4, -0.2) is 35.4 Å². The van der Waals surface area contributed by atoms with E-state index >= 15 is 0 Å². The first-order valence-electron chi connectivity index (χ1n) is 7.62. The molecule has 1 aliphatic heterocycles. The van der Waals surface area contributed by atoms with Crippen molar-refractivity contribution in [2.24, 2.45) is 0 Å². The quantitative estimate of drug-likeness (QED) is 0.672. The van der Waals surface area contributed by atoms with E-state index in [0.29, 0.717) is 11.3 Å². The number of Topliss-reactive ketones (excluding diaryl/α,β-unsaturated/α-hetero) is 1. The maximum atomic E-state index is 12.5. The molecule has 3 rings (SSSR count). The lowest BCUT2D eigenvalue weighted by atomic mass is 10.0. The van der Waals surface area contributed by atoms with Gasteiger partial charge < -0.3 is 15.0 Å². The number of aryl methyl sites for hydroxylation is 1. The number of aromatic amines is 1. The van der Waals surface area contributed by atoms with Crippen molar-refractivity contribution in [2.75, 3.05) is 6.61 Å². The van der Waals surface area contributed by atoms with Crippen molar-refractivity contribution in [3.63, 3.8) is 0 Å². The minimum Gasteiger partial charge on any atom is -0.376 e. The maximum absolute atomic E-state index is 12.5. The molecule has 5 heteroatoms. The van der Waals surface area contributed by atoms with Crippen LogP contribution in [0.1, 0.15) is 35.8 Å². The van der Waals surface area contributed by atoms with Crippen molar-refractivity contribution in [3.05, 3.63) is 35.5 Å². The van der Waals surface area contributed by atoms with Crippen molar-refractivity contribution >= 4 is 22.6 Å². The topological polar surface area (TPSA) is 71.2 Å². The fraction of sp³-hybridized carbons (Fsp3) is 0.412. The molecule has 2 heterocycles. The van der Waals surface area contributed by atoms with Crippen LogP contribution < -0.4 is 5.32 Å². The molecule has 1 fully saturated rings. The molecule has 0 spiro atoms. The van der Waals surface area contributed by atoms with Gasteiger partial charge in [0.15, 0.2) is 0 Å². The molecule has 2 atom stereocenters. The third kappa shape index (κ3) is 2.64. The molecule has 1 aromatic heterocycles. The summed E-state index contributed by atoms with van der Waals surface area (Å²) in [5.74, 6) is -1.07. The number of hydrogen-bond donors (Lipinski definition) is 2. The molecule has 2 N–H and O–H groups in total. The first kappa shape index (κ1) is 14.8. The molecule has 0 aliphatic carbocycles. The number of amides is 1. The Morgan fingerprint density at radius 2 is 2.14 bits per heavy atom. The number of H-pyrrole nitrogens is 1. The van der Waals surface area contributed by atoms with E-state index in [1.807, 2.05) is 38.1 Å². The van der Waals surface area contributed by atoms with Crippen LogP contribution in [0.5, 0.6) is 0 Å². The highest BCUT2D eigenvalue weighted by Crippen LogP contribution is 2.22. The number of hydrogen-bond acceptors (Lipinski definition) is 3. The Kier molecular flexibility index (Phi) is 3.98. The molecule has 116 valence electrons. The first-order chi connectivity index (χ1) is 10.6. The zero-order valence-electron chi connectivity index (χ0n) is 12.8. The number of ketones is 1. The number of para-hydroxylation sites is 1. The lowest BCUT2D eigenvalue weighted by Crippen LogP contribution is -2.44. The van der Waals surface area contributed by atoms with Crippen LogP contribution in [0.15, 0.2) is 24.3 Å². The fourth-order valence-electron chi connectivity index (χ4n) is 3.04. The first-order valence-corrected chi connectivity index (χ1v) is 7.62. The van der Waals surface area contributed by atoms with Gasteiger partial charge in [-0.3, -0.25) is 9.59 Å². The molecule has 1 amide bonds. The third-order valence-corrected chi connectivity index (χ3v) is 4.21. The van der Waals surface area contributed by atoms with E-state index in [-0.39, 0.29) is 12.1 Å². The van der Waals surface area contributed by atoms with Crippen LogP contribution in [0, 0.1) is 6.92 Å². The summed E-state index contributed by atoms with van der Waals surface area (Å²) in [6.07, 6.45) is 1.92. The monoisotopic (exact) mass is 300 g/mol. The largest absolute Gasteiger partial charge is 0.376 e. The van der Waals surface area contributed by atoms with Crippen LogP contribution >= 0.6 is 0 Å². The second kappa shape index (κ2) is 5.93. The fourth-order valence-corrected chi connectivity index (χ4v) is 3.04. The molecule has 0 bridgehead atoms.